The molecule has 1 atom stereocenters. The number of nitrogens with zero attached hydrogens (tertiary/aromatic N) is 2. The molecule has 2 heterocycles. The Morgan fingerprint density at radius 1 is 1.22 bits per heavy atom. The number of aromatic amines is 1. The van der Waals surface area contributed by atoms with Crippen LogP contribution >= 0.6 is 0 Å². The van der Waals surface area contributed by atoms with E-state index < -0.39 is 16.1 Å². The van der Waals surface area contributed by atoms with Crippen LogP contribution in [0.1, 0.15) is 23.0 Å². The summed E-state index contributed by atoms with van der Waals surface area (Å²) in [6.45, 7) is 3.81. The summed E-state index contributed by atoms with van der Waals surface area (Å²) < 4.78 is 27.5. The number of aromatic nitrogens is 2. The highest BCUT2D eigenvalue weighted by Crippen LogP contribution is 2.31. The standard InChI is InChI=1S/C15H18N4O3S/c1-10-14(11(2)18-17-10)23(21,22)19-9-8-16-15(20)13(19)12-6-4-3-5-7-12/h3-7,13H,8-9H2,1-2H3,(H,16,20)(H,17,18). The molecule has 0 aliphatic carbocycles. The van der Waals surface area contributed by atoms with Crippen molar-refractivity contribution >= 4 is 15.9 Å². The fourth-order valence-electron chi connectivity index (χ4n) is 2.90. The van der Waals surface area contributed by atoms with Gasteiger partial charge in [-0.2, -0.15) is 9.40 Å². The molecule has 7 nitrogen and oxygen atoms in total. The third kappa shape index (κ3) is 2.64. The van der Waals surface area contributed by atoms with Crippen LogP contribution in [0.3, 0.4) is 0 Å². The van der Waals surface area contributed by atoms with Gasteiger partial charge in [0.1, 0.15) is 10.9 Å². The van der Waals surface area contributed by atoms with Gasteiger partial charge in [0.2, 0.25) is 15.9 Å². The smallest absolute Gasteiger partial charge is 0.247 e. The quantitative estimate of drug-likeness (QED) is 0.871. The number of carbonyl (C=O) groups excluding carboxylic acids is 1. The molecule has 1 saturated heterocycles. The first-order valence-corrected chi connectivity index (χ1v) is 8.73. The lowest BCUT2D eigenvalue weighted by molar-refractivity contribution is -0.126. The number of sulfonamides is 1. The van der Waals surface area contributed by atoms with Crippen molar-refractivity contribution in [1.29, 1.82) is 0 Å². The van der Waals surface area contributed by atoms with E-state index in [1.54, 1.807) is 38.1 Å². The second-order valence-electron chi connectivity index (χ2n) is 5.48. The minimum Gasteiger partial charge on any atom is -0.353 e. The molecule has 1 unspecified atom stereocenters. The molecule has 2 N–H and O–H groups in total. The Morgan fingerprint density at radius 3 is 2.52 bits per heavy atom. The molecule has 0 bridgehead atoms. The Balaban J connectivity index is 2.10. The maximum Gasteiger partial charge on any atom is 0.247 e. The Morgan fingerprint density at radius 2 is 1.91 bits per heavy atom. The third-order valence-corrected chi connectivity index (χ3v) is 6.04. The predicted octanol–water partition coefficient (Wildman–Crippen LogP) is 0.888. The first kappa shape index (κ1) is 15.7. The number of piperazine rings is 1. The highest BCUT2D eigenvalue weighted by Gasteiger charge is 2.41. The second-order valence-corrected chi connectivity index (χ2v) is 7.31. The molecule has 0 radical (unpaired) electrons. The summed E-state index contributed by atoms with van der Waals surface area (Å²) in [6, 6.07) is 8.05. The molecular weight excluding hydrogens is 316 g/mol. The summed E-state index contributed by atoms with van der Waals surface area (Å²) in [6.07, 6.45) is 0. The number of hydrogen-bond donors (Lipinski definition) is 2. The van der Waals surface area contributed by atoms with E-state index in [2.05, 4.69) is 15.5 Å². The van der Waals surface area contributed by atoms with Gasteiger partial charge in [0, 0.05) is 13.1 Å². The molecule has 3 rings (SSSR count). The van der Waals surface area contributed by atoms with Gasteiger partial charge < -0.3 is 5.32 Å². The molecule has 1 aromatic heterocycles. The Labute approximate surface area is 134 Å². The van der Waals surface area contributed by atoms with Gasteiger partial charge in [-0.15, -0.1) is 0 Å². The molecule has 1 aromatic carbocycles. The van der Waals surface area contributed by atoms with E-state index in [9.17, 15) is 13.2 Å². The predicted molar refractivity (Wildman–Crippen MR) is 84.1 cm³/mol. The van der Waals surface area contributed by atoms with Gasteiger partial charge in [0.05, 0.1) is 11.4 Å². The van der Waals surface area contributed by atoms with Crippen LogP contribution in [0.15, 0.2) is 35.2 Å². The number of rotatable bonds is 3. The SMILES string of the molecule is Cc1n[nH]c(C)c1S(=O)(=O)N1CCNC(=O)C1c1ccccc1. The van der Waals surface area contributed by atoms with Gasteiger partial charge in [0.15, 0.2) is 0 Å². The molecule has 122 valence electrons. The lowest BCUT2D eigenvalue weighted by Crippen LogP contribution is -2.52. The van der Waals surface area contributed by atoms with Gasteiger partial charge in [-0.1, -0.05) is 30.3 Å². The second kappa shape index (κ2) is 5.78. The summed E-state index contributed by atoms with van der Waals surface area (Å²) in [7, 11) is -3.83. The molecular formula is C15H18N4O3S. The third-order valence-electron chi connectivity index (χ3n) is 3.91. The van der Waals surface area contributed by atoms with Crippen LogP contribution in [0.4, 0.5) is 0 Å². The summed E-state index contributed by atoms with van der Waals surface area (Å²) in [5, 5.41) is 9.39. The van der Waals surface area contributed by atoms with Crippen molar-refractivity contribution in [2.24, 2.45) is 0 Å². The number of nitrogens with one attached hydrogen (secondary N) is 2. The van der Waals surface area contributed by atoms with Gasteiger partial charge in [-0.05, 0) is 19.4 Å². The topological polar surface area (TPSA) is 95.2 Å². The number of hydrogen-bond acceptors (Lipinski definition) is 4. The molecule has 1 amide bonds. The van der Waals surface area contributed by atoms with E-state index in [0.717, 1.165) is 0 Å². The van der Waals surface area contributed by atoms with E-state index >= 15 is 0 Å². The Kier molecular flexibility index (Phi) is 3.95. The lowest BCUT2D eigenvalue weighted by Gasteiger charge is -2.34. The number of carbonyl (C=O) groups is 1. The molecule has 0 spiro atoms. The molecule has 1 aliphatic heterocycles. The summed E-state index contributed by atoms with van der Waals surface area (Å²) in [5.74, 6) is -0.315. The average Bonchev–Trinajstić information content (AvgIpc) is 2.87. The first-order chi connectivity index (χ1) is 10.9. The van der Waals surface area contributed by atoms with E-state index in [1.165, 1.54) is 4.31 Å². The summed E-state index contributed by atoms with van der Waals surface area (Å²) in [5.41, 5.74) is 1.52. The maximum absolute atomic E-state index is 13.1. The zero-order chi connectivity index (χ0) is 16.6. The normalized spacial score (nSPS) is 19.6. The van der Waals surface area contributed by atoms with Gasteiger partial charge in [-0.3, -0.25) is 9.89 Å². The maximum atomic E-state index is 13.1. The van der Waals surface area contributed by atoms with E-state index in [-0.39, 0.29) is 23.9 Å². The zero-order valence-electron chi connectivity index (χ0n) is 12.9. The number of amides is 1. The Bertz CT molecular complexity index is 810. The Hall–Kier alpha value is -2.19. The van der Waals surface area contributed by atoms with Crippen molar-refractivity contribution in [3.8, 4) is 0 Å². The zero-order valence-corrected chi connectivity index (χ0v) is 13.7. The van der Waals surface area contributed by atoms with Crippen molar-refractivity contribution in [2.75, 3.05) is 13.1 Å². The lowest BCUT2D eigenvalue weighted by atomic mass is 10.1. The van der Waals surface area contributed by atoms with E-state index in [4.69, 9.17) is 0 Å². The largest absolute Gasteiger partial charge is 0.353 e. The molecule has 8 heteroatoms. The van der Waals surface area contributed by atoms with Crippen LogP contribution < -0.4 is 5.32 Å². The van der Waals surface area contributed by atoms with Crippen LogP contribution in [0.2, 0.25) is 0 Å². The highest BCUT2D eigenvalue weighted by molar-refractivity contribution is 7.89. The molecule has 1 aliphatic rings. The van der Waals surface area contributed by atoms with Crippen LogP contribution in [0.5, 0.6) is 0 Å². The first-order valence-electron chi connectivity index (χ1n) is 7.29. The van der Waals surface area contributed by atoms with Crippen molar-refractivity contribution < 1.29 is 13.2 Å². The van der Waals surface area contributed by atoms with Gasteiger partial charge in [-0.25, -0.2) is 8.42 Å². The van der Waals surface area contributed by atoms with Gasteiger partial charge in [0.25, 0.3) is 0 Å². The highest BCUT2D eigenvalue weighted by atomic mass is 32.2. The van der Waals surface area contributed by atoms with Gasteiger partial charge >= 0.3 is 0 Å². The van der Waals surface area contributed by atoms with E-state index in [1.807, 2.05) is 6.07 Å². The number of benzene rings is 1. The van der Waals surface area contributed by atoms with Crippen molar-refractivity contribution in [3.05, 3.63) is 47.3 Å². The minimum atomic E-state index is -3.83. The summed E-state index contributed by atoms with van der Waals surface area (Å²) in [4.78, 5) is 12.5. The van der Waals surface area contributed by atoms with Crippen molar-refractivity contribution in [1.82, 2.24) is 19.8 Å². The number of aryl methyl sites for hydroxylation is 2. The van der Waals surface area contributed by atoms with Crippen LogP contribution in [-0.2, 0) is 14.8 Å². The van der Waals surface area contributed by atoms with Crippen LogP contribution in [-0.4, -0.2) is 41.9 Å². The molecule has 23 heavy (non-hydrogen) atoms. The summed E-state index contributed by atoms with van der Waals surface area (Å²) >= 11 is 0. The van der Waals surface area contributed by atoms with E-state index in [0.29, 0.717) is 17.0 Å². The number of H-pyrrole nitrogens is 1. The fourth-order valence-corrected chi connectivity index (χ4v) is 4.81. The molecule has 2 aromatic rings. The minimum absolute atomic E-state index is 0.146. The molecule has 0 saturated carbocycles. The fraction of sp³-hybridized carbons (Fsp3) is 0.333. The molecule has 1 fully saturated rings. The average molecular weight is 334 g/mol. The van der Waals surface area contributed by atoms with Crippen LogP contribution in [0, 0.1) is 13.8 Å². The van der Waals surface area contributed by atoms with Crippen molar-refractivity contribution in [3.63, 3.8) is 0 Å². The van der Waals surface area contributed by atoms with Crippen LogP contribution in [0.25, 0.3) is 0 Å². The van der Waals surface area contributed by atoms with Crippen molar-refractivity contribution in [2.45, 2.75) is 24.8 Å². The monoisotopic (exact) mass is 334 g/mol.